The number of halogens is 1. The Morgan fingerprint density at radius 2 is 1.89 bits per heavy atom. The molecule has 0 atom stereocenters. The van der Waals surface area contributed by atoms with Crippen LogP contribution in [0, 0.1) is 6.92 Å². The predicted molar refractivity (Wildman–Crippen MR) is 106 cm³/mol. The van der Waals surface area contributed by atoms with Crippen molar-refractivity contribution in [3.05, 3.63) is 68.5 Å². The van der Waals surface area contributed by atoms with Crippen molar-refractivity contribution in [3.63, 3.8) is 0 Å². The number of rotatable bonds is 4. The first-order valence-corrected chi connectivity index (χ1v) is 10.7. The van der Waals surface area contributed by atoms with Gasteiger partial charge in [-0.2, -0.15) is 0 Å². The maximum atomic E-state index is 12.7. The Hall–Kier alpha value is -2.64. The largest absolute Gasteiger partial charge is 0.423 e. The normalized spacial score (nSPS) is 11.6. The molecule has 0 fully saturated rings. The predicted octanol–water partition coefficient (Wildman–Crippen LogP) is 3.94. The molecule has 3 aromatic rings. The second-order valence-electron chi connectivity index (χ2n) is 6.36. The number of hydrogen-bond acceptors (Lipinski definition) is 6. The van der Waals surface area contributed by atoms with E-state index >= 15 is 0 Å². The zero-order valence-electron chi connectivity index (χ0n) is 15.4. The van der Waals surface area contributed by atoms with Gasteiger partial charge in [0, 0.05) is 23.8 Å². The Labute approximate surface area is 166 Å². The molecule has 0 aliphatic heterocycles. The lowest BCUT2D eigenvalue weighted by molar-refractivity contribution is 0.0733. The third-order valence-corrected chi connectivity index (χ3v) is 5.74. The maximum Gasteiger partial charge on any atom is 0.345 e. The Morgan fingerprint density at radius 3 is 2.54 bits per heavy atom. The van der Waals surface area contributed by atoms with Crippen LogP contribution >= 0.6 is 11.6 Å². The van der Waals surface area contributed by atoms with Gasteiger partial charge < -0.3 is 9.15 Å². The Balaban J connectivity index is 2.07. The standard InChI is InChI=1S/C20H17ClO6S/c1-4-12-8-14-11(2)7-19(22)26-18(14)10-17(12)27-20(23)15-9-13(28(3,24)25)5-6-16(15)21/h5-10H,4H2,1-3H3. The van der Waals surface area contributed by atoms with Crippen LogP contribution in [0.2, 0.25) is 5.02 Å². The van der Waals surface area contributed by atoms with Gasteiger partial charge in [0.15, 0.2) is 9.84 Å². The van der Waals surface area contributed by atoms with Crippen LogP contribution in [-0.2, 0) is 16.3 Å². The molecule has 0 N–H and O–H groups in total. The van der Waals surface area contributed by atoms with Gasteiger partial charge in [-0.15, -0.1) is 0 Å². The summed E-state index contributed by atoms with van der Waals surface area (Å²) >= 11 is 6.06. The minimum absolute atomic E-state index is 0.0419. The van der Waals surface area contributed by atoms with Gasteiger partial charge in [0.2, 0.25) is 0 Å². The molecule has 1 aromatic heterocycles. The topological polar surface area (TPSA) is 90.7 Å². The van der Waals surface area contributed by atoms with Gasteiger partial charge in [0.25, 0.3) is 0 Å². The van der Waals surface area contributed by atoms with E-state index in [9.17, 15) is 18.0 Å². The first-order valence-electron chi connectivity index (χ1n) is 8.39. The van der Waals surface area contributed by atoms with Crippen LogP contribution in [0.5, 0.6) is 5.75 Å². The number of ether oxygens (including phenoxy) is 1. The first-order chi connectivity index (χ1) is 13.1. The zero-order valence-corrected chi connectivity index (χ0v) is 17.0. The summed E-state index contributed by atoms with van der Waals surface area (Å²) in [5, 5.41) is 0.812. The third kappa shape index (κ3) is 3.95. The lowest BCUT2D eigenvalue weighted by atomic mass is 10.1. The van der Waals surface area contributed by atoms with Crippen LogP contribution in [0.15, 0.2) is 50.5 Å². The number of carbonyl (C=O) groups excluding carboxylic acids is 1. The molecule has 0 radical (unpaired) electrons. The lowest BCUT2D eigenvalue weighted by Crippen LogP contribution is -2.12. The molecule has 1 heterocycles. The fourth-order valence-corrected chi connectivity index (χ4v) is 3.65. The second-order valence-corrected chi connectivity index (χ2v) is 8.78. The van der Waals surface area contributed by atoms with E-state index in [0.717, 1.165) is 22.8 Å². The highest BCUT2D eigenvalue weighted by Crippen LogP contribution is 2.29. The van der Waals surface area contributed by atoms with Crippen molar-refractivity contribution in [3.8, 4) is 5.75 Å². The molecule has 0 saturated heterocycles. The molecule has 0 spiro atoms. The molecule has 0 aliphatic carbocycles. The van der Waals surface area contributed by atoms with Crippen LogP contribution in [-0.4, -0.2) is 20.6 Å². The summed E-state index contributed by atoms with van der Waals surface area (Å²) in [7, 11) is -3.52. The van der Waals surface area contributed by atoms with Crippen molar-refractivity contribution in [2.75, 3.05) is 6.26 Å². The summed E-state index contributed by atoms with van der Waals surface area (Å²) in [5.74, 6) is -0.589. The number of benzene rings is 2. The molecule has 146 valence electrons. The fourth-order valence-electron chi connectivity index (χ4n) is 2.81. The van der Waals surface area contributed by atoms with E-state index in [4.69, 9.17) is 20.8 Å². The molecule has 8 heteroatoms. The van der Waals surface area contributed by atoms with E-state index in [0.29, 0.717) is 12.0 Å². The summed E-state index contributed by atoms with van der Waals surface area (Å²) in [6.07, 6.45) is 1.60. The van der Waals surface area contributed by atoms with E-state index < -0.39 is 21.4 Å². The highest BCUT2D eigenvalue weighted by atomic mass is 35.5. The van der Waals surface area contributed by atoms with Crippen LogP contribution in [0.25, 0.3) is 11.0 Å². The number of carbonyl (C=O) groups is 1. The Morgan fingerprint density at radius 1 is 1.18 bits per heavy atom. The van der Waals surface area contributed by atoms with Crippen molar-refractivity contribution >= 4 is 38.4 Å². The smallest absolute Gasteiger partial charge is 0.345 e. The number of fused-ring (bicyclic) bond motifs is 1. The van der Waals surface area contributed by atoms with Gasteiger partial charge in [-0.1, -0.05) is 18.5 Å². The lowest BCUT2D eigenvalue weighted by Gasteiger charge is -2.12. The molecule has 0 amide bonds. The Bertz CT molecular complexity index is 1260. The van der Waals surface area contributed by atoms with Crippen molar-refractivity contribution < 1.29 is 22.4 Å². The van der Waals surface area contributed by atoms with Crippen molar-refractivity contribution in [1.82, 2.24) is 0 Å². The number of hydrogen-bond donors (Lipinski definition) is 0. The van der Waals surface area contributed by atoms with Crippen LogP contribution in [0.4, 0.5) is 0 Å². The SMILES string of the molecule is CCc1cc2c(C)cc(=O)oc2cc1OC(=O)c1cc(S(C)(=O)=O)ccc1Cl. The molecule has 0 bridgehead atoms. The highest BCUT2D eigenvalue weighted by molar-refractivity contribution is 7.90. The molecule has 0 unspecified atom stereocenters. The van der Waals surface area contributed by atoms with Crippen LogP contribution < -0.4 is 10.4 Å². The van der Waals surface area contributed by atoms with E-state index in [1.54, 1.807) is 13.0 Å². The van der Waals surface area contributed by atoms with Gasteiger partial charge in [0.05, 0.1) is 15.5 Å². The average molecular weight is 421 g/mol. The first kappa shape index (κ1) is 20.1. The average Bonchev–Trinajstić information content (AvgIpc) is 2.60. The molecule has 6 nitrogen and oxygen atoms in total. The van der Waals surface area contributed by atoms with Crippen molar-refractivity contribution in [2.45, 2.75) is 25.2 Å². The van der Waals surface area contributed by atoms with Crippen LogP contribution in [0.3, 0.4) is 0 Å². The monoisotopic (exact) mass is 420 g/mol. The minimum Gasteiger partial charge on any atom is -0.423 e. The number of esters is 1. The fraction of sp³-hybridized carbons (Fsp3) is 0.200. The molecule has 0 saturated carbocycles. The summed E-state index contributed by atoms with van der Waals surface area (Å²) in [6.45, 7) is 3.69. The quantitative estimate of drug-likeness (QED) is 0.360. The third-order valence-electron chi connectivity index (χ3n) is 4.30. The molecule has 0 aliphatic rings. The van der Waals surface area contributed by atoms with Gasteiger partial charge >= 0.3 is 11.6 Å². The molecular formula is C20H17ClO6S. The van der Waals surface area contributed by atoms with Gasteiger partial charge in [-0.25, -0.2) is 18.0 Å². The summed E-state index contributed by atoms with van der Waals surface area (Å²) in [5.41, 5.74) is 1.20. The summed E-state index contributed by atoms with van der Waals surface area (Å²) in [4.78, 5) is 24.3. The molecule has 3 rings (SSSR count). The van der Waals surface area contributed by atoms with Crippen molar-refractivity contribution in [1.29, 1.82) is 0 Å². The van der Waals surface area contributed by atoms with E-state index in [1.165, 1.54) is 30.3 Å². The zero-order chi connectivity index (χ0) is 20.6. The van der Waals surface area contributed by atoms with Crippen molar-refractivity contribution in [2.24, 2.45) is 0 Å². The van der Waals surface area contributed by atoms with Gasteiger partial charge in [0.1, 0.15) is 11.3 Å². The number of aryl methyl sites for hydroxylation is 2. The number of sulfone groups is 1. The van der Waals surface area contributed by atoms with Crippen LogP contribution in [0.1, 0.15) is 28.4 Å². The van der Waals surface area contributed by atoms with Gasteiger partial charge in [-0.05, 0) is 48.7 Å². The highest BCUT2D eigenvalue weighted by Gasteiger charge is 2.19. The summed E-state index contributed by atoms with van der Waals surface area (Å²) < 4.78 is 34.2. The van der Waals surface area contributed by atoms with E-state index in [-0.39, 0.29) is 21.2 Å². The Kier molecular flexibility index (Phi) is 5.32. The molecule has 2 aromatic carbocycles. The molecular weight excluding hydrogens is 404 g/mol. The molecule has 28 heavy (non-hydrogen) atoms. The maximum absolute atomic E-state index is 12.7. The van der Waals surface area contributed by atoms with E-state index in [2.05, 4.69) is 0 Å². The van der Waals surface area contributed by atoms with Gasteiger partial charge in [-0.3, -0.25) is 0 Å². The van der Waals surface area contributed by atoms with E-state index in [1.807, 2.05) is 6.92 Å². The summed E-state index contributed by atoms with van der Waals surface area (Å²) in [6, 6.07) is 8.50. The second kappa shape index (κ2) is 7.41. The minimum atomic E-state index is -3.52.